The van der Waals surface area contributed by atoms with Crippen LogP contribution in [0.3, 0.4) is 0 Å². The molecule has 0 aliphatic carbocycles. The van der Waals surface area contributed by atoms with Crippen molar-refractivity contribution >= 4 is 0 Å². The summed E-state index contributed by atoms with van der Waals surface area (Å²) >= 11 is 0. The van der Waals surface area contributed by atoms with Gasteiger partial charge in [0, 0.05) is 0 Å². The van der Waals surface area contributed by atoms with Crippen molar-refractivity contribution in [2.24, 2.45) is 5.92 Å². The second-order valence-corrected chi connectivity index (χ2v) is 4.01. The molecule has 0 fully saturated rings. The Morgan fingerprint density at radius 2 is 1.77 bits per heavy atom. The fourth-order valence-electron chi connectivity index (χ4n) is 1.96. The summed E-state index contributed by atoms with van der Waals surface area (Å²) in [7, 11) is 0. The lowest BCUT2D eigenvalue weighted by Gasteiger charge is -2.34. The topological polar surface area (TPSA) is 9.23 Å². The molecule has 1 aliphatic rings. The summed E-state index contributed by atoms with van der Waals surface area (Å²) in [6.45, 7) is 6.69. The molecule has 0 saturated carbocycles. The van der Waals surface area contributed by atoms with Crippen molar-refractivity contribution in [1.82, 2.24) is 0 Å². The first-order chi connectivity index (χ1) is 6.20. The molecule has 0 aromatic heterocycles. The number of ether oxygens (including phenoxy) is 1. The van der Waals surface area contributed by atoms with Crippen molar-refractivity contribution in [1.29, 1.82) is 0 Å². The molecule has 1 aliphatic heterocycles. The van der Waals surface area contributed by atoms with Gasteiger partial charge in [-0.25, -0.2) is 0 Å². The number of hydrogen-bond acceptors (Lipinski definition) is 1. The normalized spacial score (nSPS) is 32.1. The highest BCUT2D eigenvalue weighted by atomic mass is 16.5. The van der Waals surface area contributed by atoms with Crippen LogP contribution in [-0.4, -0.2) is 6.10 Å². The number of rotatable bonds is 0. The first-order valence-electron chi connectivity index (χ1n) is 4.95. The Hall–Kier alpha value is -0.980. The van der Waals surface area contributed by atoms with Gasteiger partial charge in [-0.1, -0.05) is 32.0 Å². The zero-order valence-electron chi connectivity index (χ0n) is 8.45. The third-order valence-corrected chi connectivity index (χ3v) is 3.25. The number of para-hydroxylation sites is 1. The lowest BCUT2D eigenvalue weighted by molar-refractivity contribution is 0.122. The van der Waals surface area contributed by atoms with Crippen LogP contribution < -0.4 is 4.74 Å². The maximum atomic E-state index is 5.81. The van der Waals surface area contributed by atoms with Crippen molar-refractivity contribution in [2.45, 2.75) is 32.8 Å². The fraction of sp³-hybridized carbons (Fsp3) is 0.500. The van der Waals surface area contributed by atoms with Crippen LogP contribution in [0.25, 0.3) is 0 Å². The van der Waals surface area contributed by atoms with Gasteiger partial charge in [-0.3, -0.25) is 0 Å². The smallest absolute Gasteiger partial charge is 0.123 e. The Morgan fingerprint density at radius 3 is 2.54 bits per heavy atom. The Balaban J connectivity index is 2.43. The van der Waals surface area contributed by atoms with Crippen molar-refractivity contribution in [3.05, 3.63) is 29.8 Å². The fourth-order valence-corrected chi connectivity index (χ4v) is 1.96. The Labute approximate surface area is 79.7 Å². The molecule has 13 heavy (non-hydrogen) atoms. The lowest BCUT2D eigenvalue weighted by Crippen LogP contribution is -2.30. The molecule has 2 rings (SSSR count). The SMILES string of the molecule is CC1c2ccccc2O[C@@H](C)C1C. The maximum absolute atomic E-state index is 5.81. The molecule has 0 spiro atoms. The maximum Gasteiger partial charge on any atom is 0.123 e. The second kappa shape index (κ2) is 3.06. The standard InChI is InChI=1S/C12H16O/c1-8-9(2)11-6-4-5-7-12(11)13-10(8)3/h4-10H,1-3H3/t8?,9?,10-/m0/s1. The molecule has 0 bridgehead atoms. The summed E-state index contributed by atoms with van der Waals surface area (Å²) < 4.78 is 5.81. The minimum absolute atomic E-state index is 0.338. The van der Waals surface area contributed by atoms with E-state index in [9.17, 15) is 0 Å². The van der Waals surface area contributed by atoms with E-state index in [0.717, 1.165) is 5.75 Å². The average molecular weight is 176 g/mol. The molecule has 1 aromatic rings. The van der Waals surface area contributed by atoms with Gasteiger partial charge >= 0.3 is 0 Å². The van der Waals surface area contributed by atoms with Crippen molar-refractivity contribution in [3.8, 4) is 5.75 Å². The molecule has 1 aromatic carbocycles. The van der Waals surface area contributed by atoms with Gasteiger partial charge in [0.2, 0.25) is 0 Å². The molecule has 1 heterocycles. The molecule has 3 atom stereocenters. The van der Waals surface area contributed by atoms with Crippen LogP contribution in [0.2, 0.25) is 0 Å². The Bertz CT molecular complexity index is 306. The predicted molar refractivity (Wildman–Crippen MR) is 54.1 cm³/mol. The van der Waals surface area contributed by atoms with E-state index < -0.39 is 0 Å². The first-order valence-corrected chi connectivity index (χ1v) is 4.95. The van der Waals surface area contributed by atoms with E-state index in [0.29, 0.717) is 17.9 Å². The van der Waals surface area contributed by atoms with Crippen molar-refractivity contribution < 1.29 is 4.74 Å². The predicted octanol–water partition coefficient (Wildman–Crippen LogP) is 3.21. The summed E-state index contributed by atoms with van der Waals surface area (Å²) in [5, 5.41) is 0. The number of hydrogen-bond donors (Lipinski definition) is 0. The van der Waals surface area contributed by atoms with Crippen LogP contribution in [0.1, 0.15) is 32.3 Å². The summed E-state index contributed by atoms with van der Waals surface area (Å²) in [5.41, 5.74) is 1.35. The van der Waals surface area contributed by atoms with Gasteiger partial charge < -0.3 is 4.74 Å². The van der Waals surface area contributed by atoms with Gasteiger partial charge in [-0.15, -0.1) is 0 Å². The molecular weight excluding hydrogens is 160 g/mol. The van der Waals surface area contributed by atoms with Gasteiger partial charge in [-0.05, 0) is 30.4 Å². The van der Waals surface area contributed by atoms with E-state index in [4.69, 9.17) is 4.74 Å². The first kappa shape index (κ1) is 8.61. The minimum Gasteiger partial charge on any atom is -0.490 e. The van der Waals surface area contributed by atoms with Gasteiger partial charge in [0.1, 0.15) is 5.75 Å². The zero-order valence-corrected chi connectivity index (χ0v) is 8.45. The summed E-state index contributed by atoms with van der Waals surface area (Å²) in [5.74, 6) is 2.29. The van der Waals surface area contributed by atoms with Crippen molar-refractivity contribution in [2.75, 3.05) is 0 Å². The second-order valence-electron chi connectivity index (χ2n) is 4.01. The molecular formula is C12H16O. The third-order valence-electron chi connectivity index (χ3n) is 3.25. The molecule has 0 radical (unpaired) electrons. The number of fused-ring (bicyclic) bond motifs is 1. The van der Waals surface area contributed by atoms with Gasteiger partial charge in [0.25, 0.3) is 0 Å². The summed E-state index contributed by atoms with van der Waals surface area (Å²) in [6.07, 6.45) is 0.338. The molecule has 70 valence electrons. The molecule has 0 saturated heterocycles. The molecule has 1 heteroatoms. The van der Waals surface area contributed by atoms with Crippen LogP contribution in [0.4, 0.5) is 0 Å². The molecule has 1 nitrogen and oxygen atoms in total. The van der Waals surface area contributed by atoms with Crippen LogP contribution in [-0.2, 0) is 0 Å². The van der Waals surface area contributed by atoms with Crippen molar-refractivity contribution in [3.63, 3.8) is 0 Å². The highest BCUT2D eigenvalue weighted by Gasteiger charge is 2.29. The van der Waals surface area contributed by atoms with Crippen LogP contribution in [0.15, 0.2) is 24.3 Å². The van der Waals surface area contributed by atoms with Gasteiger partial charge in [0.05, 0.1) is 6.10 Å². The summed E-state index contributed by atoms with van der Waals surface area (Å²) in [6, 6.07) is 8.35. The highest BCUT2D eigenvalue weighted by molar-refractivity contribution is 5.38. The van der Waals surface area contributed by atoms with E-state index in [1.54, 1.807) is 0 Å². The van der Waals surface area contributed by atoms with Crippen LogP contribution in [0, 0.1) is 5.92 Å². The van der Waals surface area contributed by atoms with Gasteiger partial charge in [0.15, 0.2) is 0 Å². The summed E-state index contributed by atoms with van der Waals surface area (Å²) in [4.78, 5) is 0. The minimum atomic E-state index is 0.338. The zero-order chi connectivity index (χ0) is 9.42. The van der Waals surface area contributed by atoms with E-state index in [1.165, 1.54) is 5.56 Å². The van der Waals surface area contributed by atoms with Crippen LogP contribution in [0.5, 0.6) is 5.75 Å². The largest absolute Gasteiger partial charge is 0.490 e. The van der Waals surface area contributed by atoms with E-state index in [2.05, 4.69) is 39.0 Å². The van der Waals surface area contributed by atoms with E-state index >= 15 is 0 Å². The average Bonchev–Trinajstić information content (AvgIpc) is 2.15. The quantitative estimate of drug-likeness (QED) is 0.589. The van der Waals surface area contributed by atoms with Gasteiger partial charge in [-0.2, -0.15) is 0 Å². The lowest BCUT2D eigenvalue weighted by atomic mass is 9.83. The van der Waals surface area contributed by atoms with E-state index in [-0.39, 0.29) is 0 Å². The van der Waals surface area contributed by atoms with E-state index in [1.807, 2.05) is 6.07 Å². The molecule has 0 N–H and O–H groups in total. The Kier molecular flexibility index (Phi) is 2.03. The van der Waals surface area contributed by atoms with Crippen LogP contribution >= 0.6 is 0 Å². The molecule has 0 amide bonds. The molecule has 2 unspecified atom stereocenters. The third kappa shape index (κ3) is 1.32. The highest BCUT2D eigenvalue weighted by Crippen LogP contribution is 2.39. The monoisotopic (exact) mass is 176 g/mol. The Morgan fingerprint density at radius 1 is 1.08 bits per heavy atom. The number of benzene rings is 1.